The summed E-state index contributed by atoms with van der Waals surface area (Å²) in [5.41, 5.74) is 3.55. The predicted octanol–water partition coefficient (Wildman–Crippen LogP) is 3.81. The second kappa shape index (κ2) is 6.99. The van der Waals surface area contributed by atoms with E-state index in [0.717, 1.165) is 28.0 Å². The van der Waals surface area contributed by atoms with Gasteiger partial charge in [0.2, 0.25) is 5.88 Å². The highest BCUT2D eigenvalue weighted by Crippen LogP contribution is 2.43. The van der Waals surface area contributed by atoms with Crippen LogP contribution in [0.3, 0.4) is 0 Å². The van der Waals surface area contributed by atoms with Crippen LogP contribution in [0, 0.1) is 0 Å². The molecule has 1 aliphatic rings. The second-order valence-electron chi connectivity index (χ2n) is 6.31. The van der Waals surface area contributed by atoms with Crippen molar-refractivity contribution in [2.75, 3.05) is 11.9 Å². The minimum atomic E-state index is -0.981. The molecule has 3 N–H and O–H groups in total. The summed E-state index contributed by atoms with van der Waals surface area (Å²) in [5.74, 6) is 0.842. The highest BCUT2D eigenvalue weighted by molar-refractivity contribution is 6.12. The number of hydrogen-bond donors (Lipinski definition) is 3. The molecule has 3 aromatic rings. The molecule has 2 heterocycles. The van der Waals surface area contributed by atoms with Gasteiger partial charge in [-0.05, 0) is 12.5 Å². The number of carboxylic acid groups (broad SMARTS) is 1. The number of carboxylic acids is 1. The van der Waals surface area contributed by atoms with Crippen LogP contribution in [0.15, 0.2) is 70.1 Å². The molecule has 0 saturated carbocycles. The first-order valence-electron chi connectivity index (χ1n) is 8.71. The van der Waals surface area contributed by atoms with Crippen molar-refractivity contribution in [1.82, 2.24) is 5.32 Å². The Bertz CT molecular complexity index is 994. The smallest absolute Gasteiger partial charge is 0.325 e. The Balaban J connectivity index is 1.97. The number of carbonyl (C=O) groups is 1. The molecule has 2 aromatic carbocycles. The Morgan fingerprint density at radius 2 is 1.63 bits per heavy atom. The second-order valence-corrected chi connectivity index (χ2v) is 6.31. The standard InChI is InChI=1S/C21H19N3O3/c1-13-23-20(22-12-16(25)26)18-17(14-8-4-2-5-9-14)19(27-21(18)24-13)15-10-6-3-7-11-15/h2-11,13,24H,12H2,1H3,(H,22,23)(H,25,26). The van der Waals surface area contributed by atoms with Crippen LogP contribution >= 0.6 is 0 Å². The van der Waals surface area contributed by atoms with Crippen LogP contribution in [-0.2, 0) is 4.79 Å². The van der Waals surface area contributed by atoms with Gasteiger partial charge in [0.05, 0.1) is 11.7 Å². The van der Waals surface area contributed by atoms with E-state index in [1.165, 1.54) is 0 Å². The van der Waals surface area contributed by atoms with Gasteiger partial charge in [0.1, 0.15) is 18.1 Å². The van der Waals surface area contributed by atoms with E-state index in [1.54, 1.807) is 0 Å². The zero-order valence-corrected chi connectivity index (χ0v) is 14.8. The van der Waals surface area contributed by atoms with Gasteiger partial charge in [0.25, 0.3) is 0 Å². The molecule has 1 atom stereocenters. The fourth-order valence-electron chi connectivity index (χ4n) is 3.21. The molecule has 0 bridgehead atoms. The molecule has 0 aliphatic carbocycles. The third-order valence-corrected chi connectivity index (χ3v) is 4.32. The number of anilines is 1. The third-order valence-electron chi connectivity index (χ3n) is 4.32. The molecule has 1 aliphatic heterocycles. The minimum absolute atomic E-state index is 0.136. The van der Waals surface area contributed by atoms with Crippen molar-refractivity contribution >= 4 is 17.7 Å². The SMILES string of the molecule is CC1NC(=NCC(=O)O)c2c(oc(-c3ccccc3)c2-c2ccccc2)N1. The zero-order chi connectivity index (χ0) is 18.8. The van der Waals surface area contributed by atoms with Gasteiger partial charge in [-0.15, -0.1) is 0 Å². The Kier molecular flexibility index (Phi) is 4.38. The zero-order valence-electron chi connectivity index (χ0n) is 14.8. The molecule has 0 spiro atoms. The van der Waals surface area contributed by atoms with Crippen molar-refractivity contribution in [3.05, 3.63) is 66.2 Å². The van der Waals surface area contributed by atoms with Crippen LogP contribution in [0.2, 0.25) is 0 Å². The topological polar surface area (TPSA) is 86.9 Å². The normalized spacial score (nSPS) is 17.1. The summed E-state index contributed by atoms with van der Waals surface area (Å²) >= 11 is 0. The van der Waals surface area contributed by atoms with Crippen LogP contribution in [0.1, 0.15) is 12.5 Å². The Morgan fingerprint density at radius 3 is 2.26 bits per heavy atom. The van der Waals surface area contributed by atoms with Crippen molar-refractivity contribution in [1.29, 1.82) is 0 Å². The summed E-state index contributed by atoms with van der Waals surface area (Å²) in [4.78, 5) is 15.3. The molecule has 1 aromatic heterocycles. The largest absolute Gasteiger partial charge is 0.480 e. The van der Waals surface area contributed by atoms with Crippen LogP contribution in [-0.4, -0.2) is 29.6 Å². The summed E-state index contributed by atoms with van der Waals surface area (Å²) in [6.07, 6.45) is -0.136. The Hall–Kier alpha value is -3.54. The van der Waals surface area contributed by atoms with E-state index in [9.17, 15) is 4.79 Å². The molecule has 4 rings (SSSR count). The molecule has 0 saturated heterocycles. The fourth-order valence-corrected chi connectivity index (χ4v) is 3.21. The summed E-state index contributed by atoms with van der Waals surface area (Å²) in [6.45, 7) is 1.61. The minimum Gasteiger partial charge on any atom is -0.480 e. The molecule has 136 valence electrons. The van der Waals surface area contributed by atoms with E-state index in [2.05, 4.69) is 15.6 Å². The van der Waals surface area contributed by atoms with E-state index in [-0.39, 0.29) is 12.7 Å². The number of aliphatic imine (C=N–C) groups is 1. The van der Waals surface area contributed by atoms with Gasteiger partial charge in [0, 0.05) is 11.1 Å². The molecular formula is C21H19N3O3. The number of nitrogens with zero attached hydrogens (tertiary/aromatic N) is 1. The summed E-state index contributed by atoms with van der Waals surface area (Å²) < 4.78 is 6.21. The van der Waals surface area contributed by atoms with Crippen molar-refractivity contribution in [3.63, 3.8) is 0 Å². The van der Waals surface area contributed by atoms with E-state index >= 15 is 0 Å². The molecule has 0 amide bonds. The number of furan rings is 1. The van der Waals surface area contributed by atoms with E-state index in [1.807, 2.05) is 67.6 Å². The van der Waals surface area contributed by atoms with Gasteiger partial charge in [-0.3, -0.25) is 9.79 Å². The van der Waals surface area contributed by atoms with Crippen LogP contribution in [0.4, 0.5) is 5.88 Å². The van der Waals surface area contributed by atoms with Crippen molar-refractivity contribution in [2.45, 2.75) is 13.1 Å². The van der Waals surface area contributed by atoms with Gasteiger partial charge < -0.3 is 20.2 Å². The van der Waals surface area contributed by atoms with E-state index in [0.29, 0.717) is 11.7 Å². The predicted molar refractivity (Wildman–Crippen MR) is 105 cm³/mol. The lowest BCUT2D eigenvalue weighted by atomic mass is 9.96. The van der Waals surface area contributed by atoms with Crippen LogP contribution in [0.25, 0.3) is 22.5 Å². The summed E-state index contributed by atoms with van der Waals surface area (Å²) in [5, 5.41) is 15.5. The van der Waals surface area contributed by atoms with Crippen LogP contribution in [0.5, 0.6) is 0 Å². The monoisotopic (exact) mass is 361 g/mol. The maximum Gasteiger partial charge on any atom is 0.325 e. The number of rotatable bonds is 4. The molecule has 6 heteroatoms. The van der Waals surface area contributed by atoms with Gasteiger partial charge >= 0.3 is 5.97 Å². The Morgan fingerprint density at radius 1 is 1.00 bits per heavy atom. The van der Waals surface area contributed by atoms with Crippen molar-refractivity contribution in [2.24, 2.45) is 4.99 Å². The summed E-state index contributed by atoms with van der Waals surface area (Å²) in [7, 11) is 0. The number of benzene rings is 2. The molecule has 1 unspecified atom stereocenters. The lowest BCUT2D eigenvalue weighted by Gasteiger charge is -2.24. The first-order valence-corrected chi connectivity index (χ1v) is 8.71. The first kappa shape index (κ1) is 16.9. The van der Waals surface area contributed by atoms with Gasteiger partial charge in [-0.2, -0.15) is 0 Å². The quantitative estimate of drug-likeness (QED) is 0.658. The average molecular weight is 361 g/mol. The average Bonchev–Trinajstić information content (AvgIpc) is 3.06. The number of amidine groups is 1. The molecular weight excluding hydrogens is 342 g/mol. The van der Waals surface area contributed by atoms with Crippen molar-refractivity contribution < 1.29 is 14.3 Å². The van der Waals surface area contributed by atoms with E-state index < -0.39 is 5.97 Å². The van der Waals surface area contributed by atoms with Crippen LogP contribution < -0.4 is 10.6 Å². The highest BCUT2D eigenvalue weighted by atomic mass is 16.4. The lowest BCUT2D eigenvalue weighted by Crippen LogP contribution is -2.43. The van der Waals surface area contributed by atoms with Gasteiger partial charge in [-0.25, -0.2) is 0 Å². The number of fused-ring (bicyclic) bond motifs is 1. The maximum absolute atomic E-state index is 11.0. The van der Waals surface area contributed by atoms with Gasteiger partial charge in [0.15, 0.2) is 0 Å². The first-order chi connectivity index (χ1) is 13.1. The molecule has 0 fully saturated rings. The fraction of sp³-hybridized carbons (Fsp3) is 0.143. The summed E-state index contributed by atoms with van der Waals surface area (Å²) in [6, 6.07) is 19.7. The highest BCUT2D eigenvalue weighted by Gasteiger charge is 2.30. The lowest BCUT2D eigenvalue weighted by molar-refractivity contribution is -0.135. The molecule has 0 radical (unpaired) electrons. The van der Waals surface area contributed by atoms with Crippen molar-refractivity contribution in [3.8, 4) is 22.5 Å². The molecule has 6 nitrogen and oxygen atoms in total. The third kappa shape index (κ3) is 3.29. The number of hydrogen-bond acceptors (Lipinski definition) is 4. The number of nitrogens with one attached hydrogen (secondary N) is 2. The van der Waals surface area contributed by atoms with Gasteiger partial charge in [-0.1, -0.05) is 60.7 Å². The number of aliphatic carboxylic acids is 1. The maximum atomic E-state index is 11.0. The Labute approximate surface area is 156 Å². The molecule has 27 heavy (non-hydrogen) atoms. The van der Waals surface area contributed by atoms with E-state index in [4.69, 9.17) is 9.52 Å².